The zero-order chi connectivity index (χ0) is 14.1. The maximum Gasteiger partial charge on any atom is 0.00458 e. The lowest BCUT2D eigenvalue weighted by atomic mass is 9.79. The van der Waals surface area contributed by atoms with Crippen molar-refractivity contribution in [3.05, 3.63) is 0 Å². The van der Waals surface area contributed by atoms with E-state index in [2.05, 4.69) is 25.7 Å². The van der Waals surface area contributed by atoms with Gasteiger partial charge < -0.3 is 4.90 Å². The van der Waals surface area contributed by atoms with Gasteiger partial charge in [-0.05, 0) is 55.9 Å². The van der Waals surface area contributed by atoms with Gasteiger partial charge >= 0.3 is 0 Å². The van der Waals surface area contributed by atoms with E-state index in [0.717, 1.165) is 11.7 Å². The molecule has 1 aliphatic heterocycles. The summed E-state index contributed by atoms with van der Waals surface area (Å²) in [4.78, 5) is 2.73. The largest absolute Gasteiger partial charge is 0.303 e. The first-order valence-corrected chi connectivity index (χ1v) is 9.16. The van der Waals surface area contributed by atoms with Crippen molar-refractivity contribution in [2.45, 2.75) is 72.1 Å². The van der Waals surface area contributed by atoms with Gasteiger partial charge in [-0.2, -0.15) is 12.6 Å². The molecule has 0 N–H and O–H groups in total. The first-order chi connectivity index (χ1) is 9.19. The summed E-state index contributed by atoms with van der Waals surface area (Å²) in [6.45, 7) is 10.9. The molecule has 19 heavy (non-hydrogen) atoms. The van der Waals surface area contributed by atoms with E-state index < -0.39 is 0 Å². The zero-order valence-electron chi connectivity index (χ0n) is 13.5. The van der Waals surface area contributed by atoms with Crippen molar-refractivity contribution in [2.75, 3.05) is 25.4 Å². The number of rotatable bonds is 9. The summed E-state index contributed by atoms with van der Waals surface area (Å²) in [5.74, 6) is 2.06. The number of nitrogens with zero attached hydrogens (tertiary/aromatic N) is 1. The number of piperidine rings is 1. The Morgan fingerprint density at radius 1 is 1.00 bits per heavy atom. The summed E-state index contributed by atoms with van der Waals surface area (Å²) in [5, 5.41) is 0. The van der Waals surface area contributed by atoms with E-state index in [1.54, 1.807) is 0 Å². The minimum absolute atomic E-state index is 0.476. The monoisotopic (exact) mass is 285 g/mol. The highest BCUT2D eigenvalue weighted by Crippen LogP contribution is 2.34. The number of hydrogen-bond acceptors (Lipinski definition) is 2. The van der Waals surface area contributed by atoms with Crippen molar-refractivity contribution in [1.82, 2.24) is 4.90 Å². The molecule has 0 aromatic carbocycles. The van der Waals surface area contributed by atoms with Gasteiger partial charge in [-0.1, -0.05) is 46.5 Å². The van der Waals surface area contributed by atoms with Gasteiger partial charge in [0.15, 0.2) is 0 Å². The van der Waals surface area contributed by atoms with Crippen LogP contribution in [0.15, 0.2) is 0 Å². The summed E-state index contributed by atoms with van der Waals surface area (Å²) in [6.07, 6.45) is 10.9. The fourth-order valence-electron chi connectivity index (χ4n) is 3.87. The Labute approximate surface area is 126 Å². The molecule has 1 aliphatic rings. The standard InChI is InChI=1S/C17H35NS/c1-4-7-16-8-12-18(13-9-16)14-17(15-19,10-5-2)11-6-3/h16,19H,4-15H2,1-3H3. The second-order valence-corrected chi connectivity index (χ2v) is 6.98. The predicted octanol–water partition coefficient (Wildman–Crippen LogP) is 5.01. The lowest BCUT2D eigenvalue weighted by Crippen LogP contribution is -2.43. The molecule has 0 radical (unpaired) electrons. The topological polar surface area (TPSA) is 3.24 Å². The molecule has 1 nitrogen and oxygen atoms in total. The third-order valence-corrected chi connectivity index (χ3v) is 5.53. The van der Waals surface area contributed by atoms with Crippen molar-refractivity contribution < 1.29 is 0 Å². The van der Waals surface area contributed by atoms with Crippen molar-refractivity contribution in [2.24, 2.45) is 11.3 Å². The first kappa shape index (κ1) is 17.4. The van der Waals surface area contributed by atoms with Gasteiger partial charge in [-0.3, -0.25) is 0 Å². The Hall–Kier alpha value is 0.310. The van der Waals surface area contributed by atoms with Crippen LogP contribution in [-0.2, 0) is 0 Å². The number of hydrogen-bond donors (Lipinski definition) is 1. The molecule has 1 saturated heterocycles. The fourth-order valence-corrected chi connectivity index (χ4v) is 4.28. The van der Waals surface area contributed by atoms with E-state index in [1.807, 2.05) is 0 Å². The SMILES string of the molecule is CCCC1CCN(CC(CS)(CCC)CCC)CC1. The Morgan fingerprint density at radius 3 is 2.00 bits per heavy atom. The Kier molecular flexibility index (Phi) is 8.48. The molecule has 0 atom stereocenters. The molecular formula is C17H35NS. The number of likely N-dealkylation sites (tertiary alicyclic amines) is 1. The van der Waals surface area contributed by atoms with Crippen LogP contribution in [0.25, 0.3) is 0 Å². The van der Waals surface area contributed by atoms with Crippen LogP contribution >= 0.6 is 12.6 Å². The quantitative estimate of drug-likeness (QED) is 0.582. The molecule has 114 valence electrons. The van der Waals surface area contributed by atoms with Crippen LogP contribution in [0.1, 0.15) is 72.1 Å². The lowest BCUT2D eigenvalue weighted by Gasteiger charge is -2.40. The van der Waals surface area contributed by atoms with Crippen molar-refractivity contribution in [3.8, 4) is 0 Å². The van der Waals surface area contributed by atoms with Crippen LogP contribution < -0.4 is 0 Å². The van der Waals surface area contributed by atoms with Crippen molar-refractivity contribution in [1.29, 1.82) is 0 Å². The van der Waals surface area contributed by atoms with Crippen LogP contribution in [0, 0.1) is 11.3 Å². The van der Waals surface area contributed by atoms with E-state index in [1.165, 1.54) is 71.0 Å². The normalized spacial score (nSPS) is 18.9. The Morgan fingerprint density at radius 2 is 1.58 bits per heavy atom. The summed E-state index contributed by atoms with van der Waals surface area (Å²) in [7, 11) is 0. The highest BCUT2D eigenvalue weighted by Gasteiger charge is 2.30. The minimum atomic E-state index is 0.476. The molecular weight excluding hydrogens is 250 g/mol. The van der Waals surface area contributed by atoms with Gasteiger partial charge in [-0.15, -0.1) is 0 Å². The van der Waals surface area contributed by atoms with Crippen molar-refractivity contribution >= 4 is 12.6 Å². The molecule has 1 heterocycles. The van der Waals surface area contributed by atoms with E-state index >= 15 is 0 Å². The lowest BCUT2D eigenvalue weighted by molar-refractivity contribution is 0.106. The third-order valence-electron chi connectivity index (χ3n) is 4.86. The van der Waals surface area contributed by atoms with E-state index in [4.69, 9.17) is 12.6 Å². The zero-order valence-corrected chi connectivity index (χ0v) is 14.4. The van der Waals surface area contributed by atoms with Crippen LogP contribution in [0.2, 0.25) is 0 Å². The highest BCUT2D eigenvalue weighted by atomic mass is 32.1. The summed E-state index contributed by atoms with van der Waals surface area (Å²) in [6, 6.07) is 0. The maximum atomic E-state index is 4.69. The Bertz CT molecular complexity index is 215. The molecule has 1 fully saturated rings. The van der Waals surface area contributed by atoms with E-state index in [9.17, 15) is 0 Å². The fraction of sp³-hybridized carbons (Fsp3) is 1.00. The molecule has 2 heteroatoms. The second kappa shape index (κ2) is 9.28. The molecule has 0 aromatic rings. The van der Waals surface area contributed by atoms with E-state index in [0.29, 0.717) is 5.41 Å². The van der Waals surface area contributed by atoms with Gasteiger partial charge in [0.05, 0.1) is 0 Å². The van der Waals surface area contributed by atoms with Crippen LogP contribution in [0.4, 0.5) is 0 Å². The van der Waals surface area contributed by atoms with Crippen molar-refractivity contribution in [3.63, 3.8) is 0 Å². The maximum absolute atomic E-state index is 4.69. The van der Waals surface area contributed by atoms with Gasteiger partial charge in [0.2, 0.25) is 0 Å². The molecule has 0 spiro atoms. The molecule has 0 unspecified atom stereocenters. The van der Waals surface area contributed by atoms with Crippen LogP contribution in [0.3, 0.4) is 0 Å². The second-order valence-electron chi connectivity index (χ2n) is 6.67. The van der Waals surface area contributed by atoms with E-state index in [-0.39, 0.29) is 0 Å². The number of thiol groups is 1. The summed E-state index contributed by atoms with van der Waals surface area (Å²) < 4.78 is 0. The molecule has 1 rings (SSSR count). The molecule has 0 bridgehead atoms. The van der Waals surface area contributed by atoms with Gasteiger partial charge in [0.25, 0.3) is 0 Å². The minimum Gasteiger partial charge on any atom is -0.303 e. The smallest absolute Gasteiger partial charge is 0.00458 e. The average Bonchev–Trinajstić information content (AvgIpc) is 2.42. The summed E-state index contributed by atoms with van der Waals surface area (Å²) in [5.41, 5.74) is 0.476. The molecule has 0 aliphatic carbocycles. The van der Waals surface area contributed by atoms with Gasteiger partial charge in [0, 0.05) is 6.54 Å². The molecule has 0 aromatic heterocycles. The highest BCUT2D eigenvalue weighted by molar-refractivity contribution is 7.80. The van der Waals surface area contributed by atoms with Crippen LogP contribution in [0.5, 0.6) is 0 Å². The van der Waals surface area contributed by atoms with Crippen LogP contribution in [-0.4, -0.2) is 30.3 Å². The Balaban J connectivity index is 2.46. The predicted molar refractivity (Wildman–Crippen MR) is 90.2 cm³/mol. The molecule has 0 saturated carbocycles. The molecule has 0 amide bonds. The van der Waals surface area contributed by atoms with Gasteiger partial charge in [0.1, 0.15) is 0 Å². The first-order valence-electron chi connectivity index (χ1n) is 8.53. The van der Waals surface area contributed by atoms with Gasteiger partial charge in [-0.25, -0.2) is 0 Å². The average molecular weight is 286 g/mol. The summed E-state index contributed by atoms with van der Waals surface area (Å²) >= 11 is 4.69. The third kappa shape index (κ3) is 5.67.